The average Bonchev–Trinajstić information content (AvgIpc) is 3.74. The van der Waals surface area contributed by atoms with Crippen molar-refractivity contribution in [2.75, 3.05) is 23.7 Å². The fraction of sp³-hybridized carbons (Fsp3) is 0.321. The molecule has 1 saturated carbocycles. The molecule has 9 N–H and O–H groups in total. The molecular formula is C28H32ClF3N10O2. The van der Waals surface area contributed by atoms with E-state index in [0.717, 1.165) is 5.56 Å². The number of nitrogens with zero attached hydrogens (tertiary/aromatic N) is 4. The zero-order chi connectivity index (χ0) is 33.7. The van der Waals surface area contributed by atoms with Crippen LogP contribution >= 0.6 is 11.6 Å². The summed E-state index contributed by atoms with van der Waals surface area (Å²) in [6.07, 6.45) is -3.04. The van der Waals surface area contributed by atoms with Crippen LogP contribution in [0.5, 0.6) is 6.01 Å². The highest BCUT2D eigenvalue weighted by molar-refractivity contribution is 6.30. The second-order valence-corrected chi connectivity index (χ2v) is 10.4. The molecule has 1 atom stereocenters. The molecule has 12 nitrogen and oxygen atoms in total. The normalized spacial score (nSPS) is 15.2. The number of halogens is 4. The Morgan fingerprint density at radius 3 is 2.34 bits per heavy atom. The predicted molar refractivity (Wildman–Crippen MR) is 162 cm³/mol. The van der Waals surface area contributed by atoms with E-state index in [4.69, 9.17) is 31.5 Å². The van der Waals surface area contributed by atoms with Crippen molar-refractivity contribution >= 4 is 41.1 Å². The number of guanidine groups is 1. The number of carbonyl (C=O) groups is 1. The van der Waals surface area contributed by atoms with Crippen molar-refractivity contribution in [2.45, 2.75) is 43.4 Å². The Kier molecular flexibility index (Phi) is 9.10. The van der Waals surface area contributed by atoms with E-state index in [1.165, 1.54) is 24.3 Å². The van der Waals surface area contributed by atoms with Crippen LogP contribution in [0.3, 0.4) is 0 Å². The summed E-state index contributed by atoms with van der Waals surface area (Å²) in [6.45, 7) is -0.0113. The summed E-state index contributed by atoms with van der Waals surface area (Å²) in [5, 5.41) is 9.27. The number of anilines is 3. The second-order valence-electron chi connectivity index (χ2n) is 9.93. The molecule has 3 aromatic rings. The van der Waals surface area contributed by atoms with Crippen molar-refractivity contribution in [3.63, 3.8) is 0 Å². The van der Waals surface area contributed by atoms with Crippen LogP contribution < -0.4 is 37.9 Å². The Morgan fingerprint density at radius 2 is 1.75 bits per heavy atom. The zero-order valence-corrected chi connectivity index (χ0v) is 24.0. The summed E-state index contributed by atoms with van der Waals surface area (Å²) in [5.74, 6) is -0.864. The van der Waals surface area contributed by atoms with Crippen LogP contribution in [0, 0.1) is 0 Å². The molecule has 1 heterocycles. The third-order valence-corrected chi connectivity index (χ3v) is 6.72. The molecule has 234 valence electrons. The van der Waals surface area contributed by atoms with Gasteiger partial charge in [0.1, 0.15) is 0 Å². The maximum Gasteiger partial charge on any atom is 0.422 e. The lowest BCUT2D eigenvalue weighted by Crippen LogP contribution is -2.38. The third kappa shape index (κ3) is 9.36. The number of aliphatic imine (C=N–C) groups is 1. The van der Waals surface area contributed by atoms with Gasteiger partial charge in [-0.05, 0) is 67.6 Å². The van der Waals surface area contributed by atoms with E-state index in [9.17, 15) is 18.0 Å². The first kappa shape index (κ1) is 29.3. The SMILES string of the molecule is [2H]C([2H])(Oc1nc(Nc2ccc(C(=O)N[C@@H](CCCN=C(N)N)C(=C)N)cc2)nc(NC2(c3ccc(Cl)cc3)CC2)n1)C(F)(F)F. The van der Waals surface area contributed by atoms with Gasteiger partial charge in [-0.25, -0.2) is 0 Å². The van der Waals surface area contributed by atoms with Crippen LogP contribution in [-0.2, 0) is 5.54 Å². The van der Waals surface area contributed by atoms with E-state index >= 15 is 0 Å². The van der Waals surface area contributed by atoms with Gasteiger partial charge in [-0.1, -0.05) is 30.3 Å². The van der Waals surface area contributed by atoms with Crippen LogP contribution in [0.1, 0.15) is 44.3 Å². The molecule has 2 aromatic carbocycles. The number of hydrogen-bond acceptors (Lipinski definition) is 9. The minimum absolute atomic E-state index is 0.0405. The fourth-order valence-corrected chi connectivity index (χ4v) is 4.27. The molecular weight excluding hydrogens is 601 g/mol. The topological polar surface area (TPSA) is 191 Å². The van der Waals surface area contributed by atoms with E-state index in [-0.39, 0.29) is 29.1 Å². The Balaban J connectivity index is 1.52. The number of carbonyl (C=O) groups excluding carboxylic acids is 1. The molecule has 44 heavy (non-hydrogen) atoms. The van der Waals surface area contributed by atoms with Crippen LogP contribution in [0.2, 0.25) is 5.02 Å². The van der Waals surface area contributed by atoms with E-state index in [1.807, 2.05) is 0 Å². The summed E-state index contributed by atoms with van der Waals surface area (Å²) >= 11 is 6.01. The third-order valence-electron chi connectivity index (χ3n) is 6.47. The highest BCUT2D eigenvalue weighted by Crippen LogP contribution is 2.48. The van der Waals surface area contributed by atoms with E-state index in [0.29, 0.717) is 42.9 Å². The maximum absolute atomic E-state index is 13.3. The minimum Gasteiger partial charge on any atom is -0.454 e. The highest BCUT2D eigenvalue weighted by Gasteiger charge is 2.45. The standard InChI is InChI=1S/C28H32ClF3N10O2/c1-16(33)21(3-2-14-36-23(34)35)38-22(43)17-4-10-20(11-5-17)37-24-39-25(41-26(40-24)44-15-28(30,31)32)42-27(12-13-27)18-6-8-19(29)9-7-18/h4-11,21H,1-3,12-15,33H2,(H,38,43)(H4,34,35,36)(H2,37,39,40,41,42)/t21-/m0/s1/i15D2. The van der Waals surface area contributed by atoms with Crippen molar-refractivity contribution in [3.05, 3.63) is 77.0 Å². The van der Waals surface area contributed by atoms with Gasteiger partial charge < -0.3 is 37.9 Å². The number of aromatic nitrogens is 3. The summed E-state index contributed by atoms with van der Waals surface area (Å²) in [6, 6.07) is 11.6. The lowest BCUT2D eigenvalue weighted by atomic mass is 10.1. The molecule has 1 aliphatic carbocycles. The number of ether oxygens (including phenoxy) is 1. The Bertz CT molecular complexity index is 1580. The molecule has 0 radical (unpaired) electrons. The number of benzene rings is 2. The van der Waals surface area contributed by atoms with Gasteiger partial charge in [0.2, 0.25) is 11.9 Å². The van der Waals surface area contributed by atoms with Gasteiger partial charge in [-0.3, -0.25) is 9.79 Å². The molecule has 0 spiro atoms. The Morgan fingerprint density at radius 1 is 1.09 bits per heavy atom. The molecule has 1 aliphatic rings. The van der Waals surface area contributed by atoms with Crippen molar-refractivity contribution in [1.29, 1.82) is 0 Å². The molecule has 0 bridgehead atoms. The van der Waals surface area contributed by atoms with Crippen molar-refractivity contribution in [3.8, 4) is 6.01 Å². The average molecular weight is 635 g/mol. The fourth-order valence-electron chi connectivity index (χ4n) is 4.14. The summed E-state index contributed by atoms with van der Waals surface area (Å²) < 4.78 is 59.0. The van der Waals surface area contributed by atoms with Gasteiger partial charge in [-0.15, -0.1) is 0 Å². The van der Waals surface area contributed by atoms with Crippen LogP contribution in [-0.4, -0.2) is 52.1 Å². The monoisotopic (exact) mass is 634 g/mol. The predicted octanol–water partition coefficient (Wildman–Crippen LogP) is 3.94. The number of alkyl halides is 3. The quantitative estimate of drug-likeness (QED) is 0.0860. The van der Waals surface area contributed by atoms with Gasteiger partial charge in [-0.2, -0.15) is 28.1 Å². The number of nitrogens with two attached hydrogens (primary N) is 3. The summed E-state index contributed by atoms with van der Waals surface area (Å²) in [7, 11) is 0. The first-order valence-electron chi connectivity index (χ1n) is 14.3. The molecule has 1 fully saturated rings. The molecule has 16 heteroatoms. The molecule has 1 amide bonds. The maximum atomic E-state index is 13.3. The van der Waals surface area contributed by atoms with E-state index in [1.54, 1.807) is 24.3 Å². The van der Waals surface area contributed by atoms with Gasteiger partial charge in [0.15, 0.2) is 12.5 Å². The number of rotatable bonds is 14. The smallest absolute Gasteiger partial charge is 0.422 e. The van der Waals surface area contributed by atoms with Crippen molar-refractivity contribution in [1.82, 2.24) is 20.3 Å². The summed E-state index contributed by atoms with van der Waals surface area (Å²) in [5.41, 5.74) is 17.6. The number of nitrogens with one attached hydrogen (secondary N) is 3. The molecule has 4 rings (SSSR count). The lowest BCUT2D eigenvalue weighted by Gasteiger charge is -2.19. The summed E-state index contributed by atoms with van der Waals surface area (Å²) in [4.78, 5) is 28.8. The van der Waals surface area contributed by atoms with Crippen LogP contribution in [0.25, 0.3) is 0 Å². The Hall–Kier alpha value is -4.79. The van der Waals surface area contributed by atoms with Gasteiger partial charge in [0, 0.05) is 28.5 Å². The molecule has 1 aromatic heterocycles. The van der Waals surface area contributed by atoms with Crippen molar-refractivity contribution < 1.29 is 25.4 Å². The van der Waals surface area contributed by atoms with Gasteiger partial charge in [0.25, 0.3) is 5.91 Å². The molecule has 0 saturated heterocycles. The zero-order valence-electron chi connectivity index (χ0n) is 25.3. The highest BCUT2D eigenvalue weighted by atomic mass is 35.5. The molecule has 0 unspecified atom stereocenters. The van der Waals surface area contributed by atoms with Crippen molar-refractivity contribution in [2.24, 2.45) is 22.2 Å². The number of amides is 1. The van der Waals surface area contributed by atoms with E-state index < -0.39 is 36.2 Å². The van der Waals surface area contributed by atoms with Gasteiger partial charge in [0.05, 0.1) is 14.3 Å². The minimum atomic E-state index is -5.36. The first-order valence-corrected chi connectivity index (χ1v) is 13.7. The number of hydrogen-bond donors (Lipinski definition) is 6. The largest absolute Gasteiger partial charge is 0.454 e. The van der Waals surface area contributed by atoms with E-state index in [2.05, 4.69) is 47.2 Å². The lowest BCUT2D eigenvalue weighted by molar-refractivity contribution is -0.154. The Labute approximate surface area is 259 Å². The molecule has 0 aliphatic heterocycles. The van der Waals surface area contributed by atoms with Crippen LogP contribution in [0.4, 0.5) is 30.8 Å². The van der Waals surface area contributed by atoms with Gasteiger partial charge >= 0.3 is 12.2 Å². The van der Waals surface area contributed by atoms with Crippen LogP contribution in [0.15, 0.2) is 65.8 Å². The second kappa shape index (κ2) is 13.7. The first-order chi connectivity index (χ1) is 21.6.